The van der Waals surface area contributed by atoms with Crippen LogP contribution >= 0.6 is 0 Å². The van der Waals surface area contributed by atoms with Crippen LogP contribution in [0.25, 0.3) is 10.9 Å². The van der Waals surface area contributed by atoms with E-state index < -0.39 is 0 Å². The highest BCUT2D eigenvalue weighted by atomic mass is 16.1. The first-order valence-electron chi connectivity index (χ1n) is 8.55. The average Bonchev–Trinajstić information content (AvgIpc) is 2.69. The third-order valence-corrected chi connectivity index (χ3v) is 4.46. The minimum atomic E-state index is -0.269. The van der Waals surface area contributed by atoms with Crippen LogP contribution in [0.3, 0.4) is 0 Å². The molecule has 3 aromatic rings. The number of nitrogens with one attached hydrogen (secondary N) is 1. The zero-order valence-electron chi connectivity index (χ0n) is 13.9. The molecule has 0 saturated carbocycles. The zero-order chi connectivity index (χ0) is 17.1. The van der Waals surface area contributed by atoms with E-state index in [1.807, 2.05) is 36.4 Å². The maximum absolute atomic E-state index is 12.5. The zero-order valence-corrected chi connectivity index (χ0v) is 13.9. The number of amides is 1. The Morgan fingerprint density at radius 1 is 0.960 bits per heavy atom. The Bertz CT molecular complexity index is 882. The Morgan fingerprint density at radius 3 is 2.64 bits per heavy atom. The highest BCUT2D eigenvalue weighted by molar-refractivity contribution is 6.07. The molecule has 6 heteroatoms. The third kappa shape index (κ3) is 3.28. The van der Waals surface area contributed by atoms with Gasteiger partial charge in [-0.15, -0.1) is 10.2 Å². The maximum atomic E-state index is 12.5. The van der Waals surface area contributed by atoms with E-state index in [0.717, 1.165) is 35.5 Å². The number of rotatable bonds is 3. The molecule has 1 fully saturated rings. The Labute approximate surface area is 145 Å². The van der Waals surface area contributed by atoms with Crippen molar-refractivity contribution in [2.75, 3.05) is 23.3 Å². The minimum absolute atomic E-state index is 0.269. The van der Waals surface area contributed by atoms with E-state index in [2.05, 4.69) is 25.4 Å². The standard InChI is InChI=1S/C19H19N5O/c25-19(21-16-8-4-7-15-14(16)6-5-11-20-15)17-9-10-18(23-22-17)24-12-2-1-3-13-24/h4-11H,1-3,12-13H2,(H,21,25). The van der Waals surface area contributed by atoms with Crippen molar-refractivity contribution in [1.82, 2.24) is 15.2 Å². The first-order chi connectivity index (χ1) is 12.3. The number of hydrogen-bond acceptors (Lipinski definition) is 5. The number of anilines is 2. The molecule has 6 nitrogen and oxygen atoms in total. The van der Waals surface area contributed by atoms with Gasteiger partial charge in [0.1, 0.15) is 0 Å². The summed E-state index contributed by atoms with van der Waals surface area (Å²) in [6.45, 7) is 2.01. The molecule has 1 aliphatic heterocycles. The lowest BCUT2D eigenvalue weighted by molar-refractivity contribution is 0.102. The van der Waals surface area contributed by atoms with Crippen molar-refractivity contribution in [1.29, 1.82) is 0 Å². The van der Waals surface area contributed by atoms with Crippen molar-refractivity contribution in [3.8, 4) is 0 Å². The summed E-state index contributed by atoms with van der Waals surface area (Å²) < 4.78 is 0. The summed E-state index contributed by atoms with van der Waals surface area (Å²) in [6, 6.07) is 13.0. The van der Waals surface area contributed by atoms with Crippen molar-refractivity contribution in [3.63, 3.8) is 0 Å². The molecule has 4 rings (SSSR count). The van der Waals surface area contributed by atoms with Crippen LogP contribution in [-0.4, -0.2) is 34.2 Å². The van der Waals surface area contributed by atoms with Gasteiger partial charge in [0.15, 0.2) is 11.5 Å². The fourth-order valence-electron chi connectivity index (χ4n) is 3.14. The molecule has 1 saturated heterocycles. The molecule has 0 spiro atoms. The van der Waals surface area contributed by atoms with Crippen molar-refractivity contribution in [2.45, 2.75) is 19.3 Å². The second-order valence-corrected chi connectivity index (χ2v) is 6.15. The average molecular weight is 333 g/mol. The second-order valence-electron chi connectivity index (χ2n) is 6.15. The first-order valence-corrected chi connectivity index (χ1v) is 8.55. The van der Waals surface area contributed by atoms with Crippen molar-refractivity contribution >= 4 is 28.3 Å². The van der Waals surface area contributed by atoms with Crippen LogP contribution in [0.1, 0.15) is 29.8 Å². The lowest BCUT2D eigenvalue weighted by atomic mass is 10.1. The van der Waals surface area contributed by atoms with Gasteiger partial charge >= 0.3 is 0 Å². The number of piperidine rings is 1. The Hall–Kier alpha value is -3.02. The van der Waals surface area contributed by atoms with E-state index in [4.69, 9.17) is 0 Å². The highest BCUT2D eigenvalue weighted by Gasteiger charge is 2.15. The third-order valence-electron chi connectivity index (χ3n) is 4.46. The van der Waals surface area contributed by atoms with Crippen molar-refractivity contribution < 1.29 is 4.79 Å². The van der Waals surface area contributed by atoms with Gasteiger partial charge in [-0.25, -0.2) is 0 Å². The Balaban J connectivity index is 1.52. The van der Waals surface area contributed by atoms with Gasteiger partial charge in [0.25, 0.3) is 5.91 Å². The number of pyridine rings is 1. The summed E-state index contributed by atoms with van der Waals surface area (Å²) in [6.07, 6.45) is 5.36. The molecule has 0 bridgehead atoms. The summed E-state index contributed by atoms with van der Waals surface area (Å²) in [7, 11) is 0. The summed E-state index contributed by atoms with van der Waals surface area (Å²) >= 11 is 0. The van der Waals surface area contributed by atoms with Crippen LogP contribution in [0.4, 0.5) is 11.5 Å². The van der Waals surface area contributed by atoms with Crippen LogP contribution < -0.4 is 10.2 Å². The van der Waals surface area contributed by atoms with Crippen LogP contribution in [0.2, 0.25) is 0 Å². The number of carbonyl (C=O) groups excluding carboxylic acids is 1. The molecule has 1 amide bonds. The van der Waals surface area contributed by atoms with Crippen LogP contribution in [0, 0.1) is 0 Å². The van der Waals surface area contributed by atoms with Crippen molar-refractivity contribution in [3.05, 3.63) is 54.4 Å². The molecule has 1 N–H and O–H groups in total. The number of benzene rings is 1. The van der Waals surface area contributed by atoms with Crippen LogP contribution in [0.5, 0.6) is 0 Å². The Morgan fingerprint density at radius 2 is 1.84 bits per heavy atom. The predicted octanol–water partition coefficient (Wildman–Crippen LogP) is 3.27. The molecular weight excluding hydrogens is 314 g/mol. The molecule has 1 aromatic carbocycles. The molecule has 0 radical (unpaired) electrons. The van der Waals surface area contributed by atoms with Gasteiger partial charge in [0.05, 0.1) is 11.2 Å². The van der Waals surface area contributed by atoms with Gasteiger partial charge in [-0.05, 0) is 55.7 Å². The van der Waals surface area contributed by atoms with Gasteiger partial charge < -0.3 is 10.2 Å². The molecule has 0 unspecified atom stereocenters. The largest absolute Gasteiger partial charge is 0.355 e. The highest BCUT2D eigenvalue weighted by Crippen LogP contribution is 2.22. The van der Waals surface area contributed by atoms with E-state index in [1.165, 1.54) is 19.3 Å². The fourth-order valence-corrected chi connectivity index (χ4v) is 3.14. The van der Waals surface area contributed by atoms with Gasteiger partial charge in [-0.2, -0.15) is 0 Å². The minimum Gasteiger partial charge on any atom is -0.355 e. The normalized spacial score (nSPS) is 14.5. The van der Waals surface area contributed by atoms with E-state index in [9.17, 15) is 4.79 Å². The number of fused-ring (bicyclic) bond motifs is 1. The number of nitrogens with zero attached hydrogens (tertiary/aromatic N) is 4. The lowest BCUT2D eigenvalue weighted by Crippen LogP contribution is -2.30. The molecule has 0 aliphatic carbocycles. The monoisotopic (exact) mass is 333 g/mol. The molecule has 1 aliphatic rings. The van der Waals surface area contributed by atoms with Crippen LogP contribution in [0.15, 0.2) is 48.7 Å². The maximum Gasteiger partial charge on any atom is 0.276 e. The summed E-state index contributed by atoms with van der Waals surface area (Å²) in [5.74, 6) is 0.569. The van der Waals surface area contributed by atoms with E-state index in [1.54, 1.807) is 12.3 Å². The van der Waals surface area contributed by atoms with Gasteiger partial charge in [0, 0.05) is 24.7 Å². The summed E-state index contributed by atoms with van der Waals surface area (Å²) in [5, 5.41) is 12.1. The first kappa shape index (κ1) is 15.5. The smallest absolute Gasteiger partial charge is 0.276 e. The van der Waals surface area contributed by atoms with Gasteiger partial charge in [0.2, 0.25) is 0 Å². The number of carbonyl (C=O) groups is 1. The van der Waals surface area contributed by atoms with E-state index >= 15 is 0 Å². The number of hydrogen-bond donors (Lipinski definition) is 1. The predicted molar refractivity (Wildman–Crippen MR) is 97.8 cm³/mol. The molecule has 3 heterocycles. The molecule has 25 heavy (non-hydrogen) atoms. The van der Waals surface area contributed by atoms with Crippen molar-refractivity contribution in [2.24, 2.45) is 0 Å². The molecule has 126 valence electrons. The van der Waals surface area contributed by atoms with E-state index in [0.29, 0.717) is 5.69 Å². The quantitative estimate of drug-likeness (QED) is 0.796. The van der Waals surface area contributed by atoms with Gasteiger partial charge in [-0.1, -0.05) is 6.07 Å². The molecule has 2 aromatic heterocycles. The SMILES string of the molecule is O=C(Nc1cccc2ncccc12)c1ccc(N2CCCCC2)nn1. The summed E-state index contributed by atoms with van der Waals surface area (Å²) in [4.78, 5) is 19.0. The molecular formula is C19H19N5O. The van der Waals surface area contributed by atoms with E-state index in [-0.39, 0.29) is 5.91 Å². The summed E-state index contributed by atoms with van der Waals surface area (Å²) in [5.41, 5.74) is 1.87. The fraction of sp³-hybridized carbons (Fsp3) is 0.263. The molecule has 0 atom stereocenters. The Kier molecular flexibility index (Phi) is 4.24. The second kappa shape index (κ2) is 6.84. The van der Waals surface area contributed by atoms with Crippen LogP contribution in [-0.2, 0) is 0 Å². The lowest BCUT2D eigenvalue weighted by Gasteiger charge is -2.27. The topological polar surface area (TPSA) is 71.0 Å². The number of aromatic nitrogens is 3. The van der Waals surface area contributed by atoms with Gasteiger partial charge in [-0.3, -0.25) is 9.78 Å².